The number of carbonyl (C=O) groups is 1. The normalized spacial score (nSPS) is 15.9. The molecule has 1 N–H and O–H groups in total. The molecule has 0 bridgehead atoms. The molecular formula is C13H19ClN4O2S. The van der Waals surface area contributed by atoms with Gasteiger partial charge in [-0.2, -0.15) is 0 Å². The number of hydrogen-bond donors (Lipinski definition) is 1. The van der Waals surface area contributed by atoms with Crippen molar-refractivity contribution in [3.63, 3.8) is 0 Å². The zero-order valence-corrected chi connectivity index (χ0v) is 13.5. The fraction of sp³-hybridized carbons (Fsp3) is 0.615. The average Bonchev–Trinajstić information content (AvgIpc) is 2.52. The first-order chi connectivity index (χ1) is 10.2. The minimum absolute atomic E-state index is 0.194. The maximum absolute atomic E-state index is 12.0. The molecule has 0 atom stereocenters. The van der Waals surface area contributed by atoms with Crippen molar-refractivity contribution < 1.29 is 9.53 Å². The van der Waals surface area contributed by atoms with Gasteiger partial charge in [0.25, 0.3) is 5.91 Å². The van der Waals surface area contributed by atoms with E-state index in [9.17, 15) is 4.79 Å². The molecule has 6 nitrogen and oxygen atoms in total. The lowest BCUT2D eigenvalue weighted by Gasteiger charge is -2.26. The third-order valence-electron chi connectivity index (χ3n) is 3.19. The second kappa shape index (κ2) is 8.53. The molecule has 2 heterocycles. The Kier molecular flexibility index (Phi) is 6.69. The number of nitrogens with one attached hydrogen (secondary N) is 1. The van der Waals surface area contributed by atoms with Gasteiger partial charge >= 0.3 is 0 Å². The molecule has 0 aliphatic carbocycles. The number of ether oxygens (including phenoxy) is 1. The minimum atomic E-state index is -0.227. The summed E-state index contributed by atoms with van der Waals surface area (Å²) in [6, 6.07) is 0. The number of aromatic nitrogens is 2. The largest absolute Gasteiger partial charge is 0.379 e. The lowest BCUT2D eigenvalue weighted by atomic mass is 10.3. The van der Waals surface area contributed by atoms with Gasteiger partial charge in [-0.3, -0.25) is 9.69 Å². The molecule has 116 valence electrons. The lowest BCUT2D eigenvalue weighted by molar-refractivity contribution is 0.0374. The van der Waals surface area contributed by atoms with Crippen molar-refractivity contribution >= 4 is 29.3 Å². The molecular weight excluding hydrogens is 312 g/mol. The van der Waals surface area contributed by atoms with Gasteiger partial charge in [-0.05, 0) is 19.2 Å². The van der Waals surface area contributed by atoms with Crippen LogP contribution in [0.4, 0.5) is 0 Å². The van der Waals surface area contributed by atoms with E-state index in [1.54, 1.807) is 0 Å². The van der Waals surface area contributed by atoms with Gasteiger partial charge in [-0.1, -0.05) is 23.4 Å². The van der Waals surface area contributed by atoms with Crippen molar-refractivity contribution in [2.75, 3.05) is 45.6 Å². The Bertz CT molecular complexity index is 483. The van der Waals surface area contributed by atoms with Crippen LogP contribution in [-0.4, -0.2) is 66.4 Å². The van der Waals surface area contributed by atoms with Crippen LogP contribution in [0.2, 0.25) is 5.15 Å². The summed E-state index contributed by atoms with van der Waals surface area (Å²) in [7, 11) is 0. The molecule has 8 heteroatoms. The minimum Gasteiger partial charge on any atom is -0.379 e. The molecule has 1 fully saturated rings. The van der Waals surface area contributed by atoms with E-state index in [2.05, 4.69) is 20.2 Å². The number of halogens is 1. The maximum Gasteiger partial charge on any atom is 0.255 e. The summed E-state index contributed by atoms with van der Waals surface area (Å²) < 4.78 is 5.29. The molecule has 0 aromatic carbocycles. The number of carbonyl (C=O) groups excluding carboxylic acids is 1. The fourth-order valence-electron chi connectivity index (χ4n) is 2.02. The Morgan fingerprint density at radius 2 is 2.29 bits per heavy atom. The summed E-state index contributed by atoms with van der Waals surface area (Å²) in [4.78, 5) is 22.4. The van der Waals surface area contributed by atoms with Gasteiger partial charge in [0, 0.05) is 25.8 Å². The number of rotatable bonds is 6. The van der Waals surface area contributed by atoms with Crippen LogP contribution in [0.3, 0.4) is 0 Å². The Morgan fingerprint density at radius 1 is 1.52 bits per heavy atom. The Labute approximate surface area is 133 Å². The number of thioether (sulfide) groups is 1. The van der Waals surface area contributed by atoms with Crippen LogP contribution in [0.15, 0.2) is 11.4 Å². The zero-order chi connectivity index (χ0) is 15.1. The maximum atomic E-state index is 12.0. The summed E-state index contributed by atoms with van der Waals surface area (Å²) in [5.74, 6) is -0.227. The van der Waals surface area contributed by atoms with Crippen molar-refractivity contribution in [1.82, 2.24) is 20.2 Å². The second-order valence-corrected chi connectivity index (χ2v) is 5.76. The van der Waals surface area contributed by atoms with Gasteiger partial charge in [0.15, 0.2) is 5.16 Å². The van der Waals surface area contributed by atoms with E-state index >= 15 is 0 Å². The molecule has 1 amide bonds. The number of nitrogens with zero attached hydrogens (tertiary/aromatic N) is 3. The average molecular weight is 331 g/mol. The van der Waals surface area contributed by atoms with Crippen LogP contribution in [0, 0.1) is 0 Å². The first-order valence-corrected chi connectivity index (χ1v) is 8.46. The monoisotopic (exact) mass is 330 g/mol. The Morgan fingerprint density at radius 3 is 2.95 bits per heavy atom. The van der Waals surface area contributed by atoms with Crippen LogP contribution < -0.4 is 5.32 Å². The zero-order valence-electron chi connectivity index (χ0n) is 12.0. The fourth-order valence-corrected chi connectivity index (χ4v) is 2.63. The highest BCUT2D eigenvalue weighted by Gasteiger charge is 2.13. The SMILES string of the molecule is CSc1ncc(C(=O)NCCCN2CCOCC2)c(Cl)n1. The first-order valence-electron chi connectivity index (χ1n) is 6.85. The third kappa shape index (κ3) is 5.10. The molecule has 2 rings (SSSR count). The van der Waals surface area contributed by atoms with Crippen molar-refractivity contribution in [1.29, 1.82) is 0 Å². The van der Waals surface area contributed by atoms with Gasteiger partial charge < -0.3 is 10.1 Å². The molecule has 0 radical (unpaired) electrons. The molecule has 1 aliphatic rings. The number of amides is 1. The molecule has 0 saturated carbocycles. The van der Waals surface area contributed by atoms with Gasteiger partial charge in [0.05, 0.1) is 18.8 Å². The van der Waals surface area contributed by atoms with Crippen LogP contribution in [0.5, 0.6) is 0 Å². The standard InChI is InChI=1S/C13H19ClN4O2S/c1-21-13-16-9-10(11(14)17-13)12(19)15-3-2-4-18-5-7-20-8-6-18/h9H,2-8H2,1H3,(H,15,19). The van der Waals surface area contributed by atoms with E-state index in [0.717, 1.165) is 39.3 Å². The van der Waals surface area contributed by atoms with Gasteiger partial charge in [0.2, 0.25) is 0 Å². The van der Waals surface area contributed by atoms with E-state index in [1.807, 2.05) is 6.26 Å². The summed E-state index contributed by atoms with van der Waals surface area (Å²) in [5, 5.41) is 3.60. The van der Waals surface area contributed by atoms with Gasteiger partial charge in [-0.25, -0.2) is 9.97 Å². The molecule has 0 unspecified atom stereocenters. The Balaban J connectivity index is 1.74. The van der Waals surface area contributed by atoms with Crippen LogP contribution >= 0.6 is 23.4 Å². The van der Waals surface area contributed by atoms with E-state index < -0.39 is 0 Å². The highest BCUT2D eigenvalue weighted by atomic mass is 35.5. The number of morpholine rings is 1. The highest BCUT2D eigenvalue weighted by molar-refractivity contribution is 7.98. The molecule has 0 spiro atoms. The van der Waals surface area contributed by atoms with Crippen molar-refractivity contribution in [3.8, 4) is 0 Å². The smallest absolute Gasteiger partial charge is 0.255 e. The summed E-state index contributed by atoms with van der Waals surface area (Å²) in [6.07, 6.45) is 4.22. The van der Waals surface area contributed by atoms with E-state index in [1.165, 1.54) is 18.0 Å². The summed E-state index contributed by atoms with van der Waals surface area (Å²) in [5.41, 5.74) is 0.320. The van der Waals surface area contributed by atoms with E-state index in [-0.39, 0.29) is 11.1 Å². The predicted octanol–water partition coefficient (Wildman–Crippen LogP) is 1.30. The number of hydrogen-bond acceptors (Lipinski definition) is 6. The van der Waals surface area contributed by atoms with Crippen molar-refractivity contribution in [3.05, 3.63) is 16.9 Å². The molecule has 1 aromatic rings. The summed E-state index contributed by atoms with van der Waals surface area (Å²) in [6.45, 7) is 5.08. The Hall–Kier alpha value is -0.890. The molecule has 1 aliphatic heterocycles. The molecule has 1 aromatic heterocycles. The van der Waals surface area contributed by atoms with E-state index in [4.69, 9.17) is 16.3 Å². The van der Waals surface area contributed by atoms with Crippen molar-refractivity contribution in [2.45, 2.75) is 11.6 Å². The van der Waals surface area contributed by atoms with E-state index in [0.29, 0.717) is 17.3 Å². The summed E-state index contributed by atoms with van der Waals surface area (Å²) >= 11 is 7.38. The molecule has 21 heavy (non-hydrogen) atoms. The lowest BCUT2D eigenvalue weighted by Crippen LogP contribution is -2.38. The first kappa shape index (κ1) is 16.5. The predicted molar refractivity (Wildman–Crippen MR) is 83.0 cm³/mol. The van der Waals surface area contributed by atoms with Gasteiger partial charge in [0.1, 0.15) is 5.15 Å². The van der Waals surface area contributed by atoms with Crippen LogP contribution in [0.25, 0.3) is 0 Å². The third-order valence-corrected chi connectivity index (χ3v) is 4.04. The van der Waals surface area contributed by atoms with Gasteiger partial charge in [-0.15, -0.1) is 0 Å². The topological polar surface area (TPSA) is 67.4 Å². The van der Waals surface area contributed by atoms with Crippen LogP contribution in [0.1, 0.15) is 16.8 Å². The van der Waals surface area contributed by atoms with Crippen LogP contribution in [-0.2, 0) is 4.74 Å². The van der Waals surface area contributed by atoms with Crippen molar-refractivity contribution in [2.24, 2.45) is 0 Å². The second-order valence-electron chi connectivity index (χ2n) is 4.62. The molecule has 1 saturated heterocycles. The highest BCUT2D eigenvalue weighted by Crippen LogP contribution is 2.16. The quantitative estimate of drug-likeness (QED) is 0.367.